The zero-order valence-corrected chi connectivity index (χ0v) is 12.0. The number of hydrogen-bond donors (Lipinski definition) is 1. The van der Waals surface area contributed by atoms with Gasteiger partial charge in [0.1, 0.15) is 0 Å². The first-order chi connectivity index (χ1) is 9.35. The topological polar surface area (TPSA) is 30.5 Å². The molecule has 0 amide bonds. The number of para-hydroxylation sites is 1. The predicted molar refractivity (Wildman–Crippen MR) is 78.4 cm³/mol. The summed E-state index contributed by atoms with van der Waals surface area (Å²) < 4.78 is 11.1. The summed E-state index contributed by atoms with van der Waals surface area (Å²) in [6.45, 7) is 3.45. The first-order valence-electron chi connectivity index (χ1n) is 7.30. The molecule has 1 fully saturated rings. The van der Waals surface area contributed by atoms with Crippen LogP contribution < -0.4 is 5.32 Å². The van der Waals surface area contributed by atoms with Crippen molar-refractivity contribution in [3.8, 4) is 0 Å². The summed E-state index contributed by atoms with van der Waals surface area (Å²) in [5, 5.41) is 3.65. The lowest BCUT2D eigenvalue weighted by Gasteiger charge is -2.32. The molecule has 0 aromatic heterocycles. The molecule has 2 atom stereocenters. The number of rotatable bonds is 6. The van der Waals surface area contributed by atoms with Crippen LogP contribution in [0.5, 0.6) is 0 Å². The van der Waals surface area contributed by atoms with Gasteiger partial charge in [-0.3, -0.25) is 0 Å². The third-order valence-corrected chi connectivity index (χ3v) is 3.83. The molecular formula is C16H25NO2. The molecule has 0 heterocycles. The van der Waals surface area contributed by atoms with E-state index in [1.54, 1.807) is 0 Å². The Morgan fingerprint density at radius 3 is 2.79 bits per heavy atom. The Balaban J connectivity index is 2.04. The number of benzene rings is 1. The van der Waals surface area contributed by atoms with Gasteiger partial charge in [0.15, 0.2) is 0 Å². The highest BCUT2D eigenvalue weighted by Gasteiger charge is 2.25. The summed E-state index contributed by atoms with van der Waals surface area (Å²) in [7, 11) is 1.82. The van der Waals surface area contributed by atoms with E-state index >= 15 is 0 Å². The zero-order valence-electron chi connectivity index (χ0n) is 12.0. The quantitative estimate of drug-likeness (QED) is 0.850. The standard InChI is InChI=1S/C16H25NO2/c1-3-19-12-13-8-4-5-9-14(13)17-15-10-6-7-11-16(15)18-2/h4-5,8-9,15-17H,3,6-7,10-12H2,1-2H3. The molecule has 3 nitrogen and oxygen atoms in total. The highest BCUT2D eigenvalue weighted by atomic mass is 16.5. The summed E-state index contributed by atoms with van der Waals surface area (Å²) in [6.07, 6.45) is 5.22. The molecule has 1 aliphatic rings. The third-order valence-electron chi connectivity index (χ3n) is 3.83. The van der Waals surface area contributed by atoms with Crippen LogP contribution in [0.25, 0.3) is 0 Å². The van der Waals surface area contributed by atoms with Crippen molar-refractivity contribution >= 4 is 5.69 Å². The highest BCUT2D eigenvalue weighted by molar-refractivity contribution is 5.51. The average molecular weight is 263 g/mol. The van der Waals surface area contributed by atoms with Crippen LogP contribution in [-0.2, 0) is 16.1 Å². The van der Waals surface area contributed by atoms with Crippen LogP contribution in [-0.4, -0.2) is 25.9 Å². The van der Waals surface area contributed by atoms with Gasteiger partial charge >= 0.3 is 0 Å². The molecule has 1 aromatic carbocycles. The molecule has 19 heavy (non-hydrogen) atoms. The molecule has 2 unspecified atom stereocenters. The third kappa shape index (κ3) is 3.95. The highest BCUT2D eigenvalue weighted by Crippen LogP contribution is 2.26. The molecular weight excluding hydrogens is 238 g/mol. The van der Waals surface area contributed by atoms with Gasteiger partial charge in [0.25, 0.3) is 0 Å². The van der Waals surface area contributed by atoms with Gasteiger partial charge < -0.3 is 14.8 Å². The van der Waals surface area contributed by atoms with E-state index in [9.17, 15) is 0 Å². The normalized spacial score (nSPS) is 23.3. The molecule has 1 aromatic rings. The van der Waals surface area contributed by atoms with E-state index in [4.69, 9.17) is 9.47 Å². The summed E-state index contributed by atoms with van der Waals surface area (Å²) in [5.41, 5.74) is 2.41. The minimum absolute atomic E-state index is 0.328. The van der Waals surface area contributed by atoms with Crippen molar-refractivity contribution < 1.29 is 9.47 Å². The second-order valence-corrected chi connectivity index (χ2v) is 5.10. The molecule has 0 spiro atoms. The van der Waals surface area contributed by atoms with Gasteiger partial charge in [-0.15, -0.1) is 0 Å². The Hall–Kier alpha value is -1.06. The summed E-state index contributed by atoms with van der Waals surface area (Å²) in [6, 6.07) is 8.82. The van der Waals surface area contributed by atoms with Gasteiger partial charge in [0, 0.05) is 25.0 Å². The van der Waals surface area contributed by atoms with Crippen LogP contribution in [0.15, 0.2) is 24.3 Å². The molecule has 1 aliphatic carbocycles. The fraction of sp³-hybridized carbons (Fsp3) is 0.625. The van der Waals surface area contributed by atoms with Crippen molar-refractivity contribution in [3.63, 3.8) is 0 Å². The Kier molecular flexibility index (Phi) is 5.67. The molecule has 106 valence electrons. The number of anilines is 1. The molecule has 2 rings (SSSR count). The van der Waals surface area contributed by atoms with Crippen molar-refractivity contribution in [3.05, 3.63) is 29.8 Å². The predicted octanol–water partition coefficient (Wildman–Crippen LogP) is 3.59. The monoisotopic (exact) mass is 263 g/mol. The lowest BCUT2D eigenvalue weighted by molar-refractivity contribution is 0.0605. The molecule has 1 N–H and O–H groups in total. The van der Waals surface area contributed by atoms with Crippen LogP contribution in [0.4, 0.5) is 5.69 Å². The van der Waals surface area contributed by atoms with Gasteiger partial charge in [-0.2, -0.15) is 0 Å². The van der Waals surface area contributed by atoms with E-state index in [1.165, 1.54) is 30.5 Å². The van der Waals surface area contributed by atoms with Gasteiger partial charge in [-0.05, 0) is 25.8 Å². The second-order valence-electron chi connectivity index (χ2n) is 5.10. The van der Waals surface area contributed by atoms with Crippen LogP contribution >= 0.6 is 0 Å². The maximum Gasteiger partial charge on any atom is 0.0772 e. The van der Waals surface area contributed by atoms with Crippen molar-refractivity contribution in [1.82, 2.24) is 0 Å². The maximum absolute atomic E-state index is 5.60. The average Bonchev–Trinajstić information content (AvgIpc) is 2.47. The van der Waals surface area contributed by atoms with E-state index in [1.807, 2.05) is 14.0 Å². The summed E-state index contributed by atoms with van der Waals surface area (Å²) in [5.74, 6) is 0. The first kappa shape index (κ1) is 14.4. The molecule has 0 radical (unpaired) electrons. The second kappa shape index (κ2) is 7.51. The lowest BCUT2D eigenvalue weighted by atomic mass is 9.92. The SMILES string of the molecule is CCOCc1ccccc1NC1CCCCC1OC. The summed E-state index contributed by atoms with van der Waals surface area (Å²) >= 11 is 0. The van der Waals surface area contributed by atoms with Gasteiger partial charge in [0.05, 0.1) is 18.8 Å². The Labute approximate surface area is 116 Å². The smallest absolute Gasteiger partial charge is 0.0772 e. The molecule has 0 aliphatic heterocycles. The van der Waals surface area contributed by atoms with Crippen molar-refractivity contribution in [2.45, 2.75) is 51.4 Å². The summed E-state index contributed by atoms with van der Waals surface area (Å²) in [4.78, 5) is 0. The van der Waals surface area contributed by atoms with E-state index < -0.39 is 0 Å². The van der Waals surface area contributed by atoms with Gasteiger partial charge in [-0.25, -0.2) is 0 Å². The largest absolute Gasteiger partial charge is 0.379 e. The molecule has 3 heteroatoms. The maximum atomic E-state index is 5.60. The van der Waals surface area contributed by atoms with Crippen molar-refractivity contribution in [2.24, 2.45) is 0 Å². The molecule has 1 saturated carbocycles. The number of ether oxygens (including phenoxy) is 2. The van der Waals surface area contributed by atoms with Crippen molar-refractivity contribution in [2.75, 3.05) is 19.0 Å². The minimum Gasteiger partial charge on any atom is -0.379 e. The number of hydrogen-bond acceptors (Lipinski definition) is 3. The Bertz CT molecular complexity index is 381. The van der Waals surface area contributed by atoms with E-state index in [-0.39, 0.29) is 0 Å². The van der Waals surface area contributed by atoms with E-state index in [0.717, 1.165) is 13.0 Å². The molecule has 0 bridgehead atoms. The van der Waals surface area contributed by atoms with Gasteiger partial charge in [0.2, 0.25) is 0 Å². The van der Waals surface area contributed by atoms with Crippen LogP contribution in [0.1, 0.15) is 38.2 Å². The fourth-order valence-corrected chi connectivity index (χ4v) is 2.74. The number of nitrogens with one attached hydrogen (secondary N) is 1. The Morgan fingerprint density at radius 1 is 1.21 bits per heavy atom. The Morgan fingerprint density at radius 2 is 2.00 bits per heavy atom. The number of methoxy groups -OCH3 is 1. The van der Waals surface area contributed by atoms with Crippen molar-refractivity contribution in [1.29, 1.82) is 0 Å². The minimum atomic E-state index is 0.328. The fourth-order valence-electron chi connectivity index (χ4n) is 2.74. The first-order valence-corrected chi connectivity index (χ1v) is 7.30. The molecule has 0 saturated heterocycles. The van der Waals surface area contributed by atoms with Crippen LogP contribution in [0, 0.1) is 0 Å². The van der Waals surface area contributed by atoms with E-state index in [2.05, 4.69) is 29.6 Å². The van der Waals surface area contributed by atoms with Crippen LogP contribution in [0.2, 0.25) is 0 Å². The lowest BCUT2D eigenvalue weighted by Crippen LogP contribution is -2.38. The zero-order chi connectivity index (χ0) is 13.5. The van der Waals surface area contributed by atoms with Crippen LogP contribution in [0.3, 0.4) is 0 Å². The van der Waals surface area contributed by atoms with E-state index in [0.29, 0.717) is 18.8 Å². The van der Waals surface area contributed by atoms with Gasteiger partial charge in [-0.1, -0.05) is 31.0 Å².